The van der Waals surface area contributed by atoms with Crippen molar-refractivity contribution < 1.29 is 9.90 Å². The number of aromatic amines is 1. The van der Waals surface area contributed by atoms with Gasteiger partial charge in [-0.1, -0.05) is 12.8 Å². The summed E-state index contributed by atoms with van der Waals surface area (Å²) in [6.45, 7) is 0.547. The van der Waals surface area contributed by atoms with Crippen LogP contribution in [0.1, 0.15) is 36.0 Å². The fourth-order valence-electron chi connectivity index (χ4n) is 2.13. The summed E-state index contributed by atoms with van der Waals surface area (Å²) in [5.41, 5.74) is 0.533. The lowest BCUT2D eigenvalue weighted by Gasteiger charge is -2.27. The van der Waals surface area contributed by atoms with E-state index in [0.29, 0.717) is 12.1 Å². The Hall–Kier alpha value is -1.36. The normalized spacial score (nSPS) is 25.3. The van der Waals surface area contributed by atoms with E-state index in [0.717, 1.165) is 25.7 Å². The van der Waals surface area contributed by atoms with Gasteiger partial charge >= 0.3 is 0 Å². The van der Waals surface area contributed by atoms with Crippen molar-refractivity contribution in [1.82, 2.24) is 15.5 Å². The molecule has 1 aromatic heterocycles. The molecular weight excluding hydrogens is 206 g/mol. The molecule has 1 aliphatic carbocycles. The summed E-state index contributed by atoms with van der Waals surface area (Å²) in [5.74, 6) is 0.0659. The highest BCUT2D eigenvalue weighted by molar-refractivity contribution is 5.93. The van der Waals surface area contributed by atoms with E-state index in [4.69, 9.17) is 0 Å². The van der Waals surface area contributed by atoms with Crippen LogP contribution in [0.15, 0.2) is 12.4 Å². The van der Waals surface area contributed by atoms with E-state index in [1.165, 1.54) is 6.20 Å². The Morgan fingerprint density at radius 1 is 1.56 bits per heavy atom. The van der Waals surface area contributed by atoms with Crippen molar-refractivity contribution in [3.05, 3.63) is 18.0 Å². The lowest BCUT2D eigenvalue weighted by atomic mass is 9.86. The molecule has 1 aromatic rings. The van der Waals surface area contributed by atoms with Crippen molar-refractivity contribution in [2.45, 2.75) is 31.8 Å². The molecule has 1 fully saturated rings. The molecule has 1 heterocycles. The van der Waals surface area contributed by atoms with Gasteiger partial charge in [0.05, 0.1) is 17.9 Å². The molecule has 0 saturated heterocycles. The van der Waals surface area contributed by atoms with Crippen LogP contribution in [0.4, 0.5) is 0 Å². The van der Waals surface area contributed by atoms with Crippen LogP contribution in [0.2, 0.25) is 0 Å². The van der Waals surface area contributed by atoms with Crippen molar-refractivity contribution in [2.75, 3.05) is 6.54 Å². The fraction of sp³-hybridized carbons (Fsp3) is 0.636. The Bertz CT molecular complexity index is 337. The standard InChI is InChI=1S/C11H17N3O2/c15-10-4-2-1-3-8(10)5-12-11(16)9-6-13-14-7-9/h6-8,10,15H,1-5H2,(H,12,16)(H,13,14). The number of nitrogens with one attached hydrogen (secondary N) is 2. The van der Waals surface area contributed by atoms with Gasteiger partial charge in [0.1, 0.15) is 0 Å². The topological polar surface area (TPSA) is 78.0 Å². The molecule has 5 heteroatoms. The Morgan fingerprint density at radius 3 is 3.06 bits per heavy atom. The van der Waals surface area contributed by atoms with Crippen LogP contribution in [0.25, 0.3) is 0 Å². The maximum Gasteiger partial charge on any atom is 0.254 e. The van der Waals surface area contributed by atoms with Gasteiger partial charge in [-0.05, 0) is 12.8 Å². The molecule has 1 aliphatic rings. The third-order valence-corrected chi connectivity index (χ3v) is 3.15. The quantitative estimate of drug-likeness (QED) is 0.705. The highest BCUT2D eigenvalue weighted by Gasteiger charge is 2.23. The first-order chi connectivity index (χ1) is 7.77. The van der Waals surface area contributed by atoms with Gasteiger partial charge in [0.15, 0.2) is 0 Å². The van der Waals surface area contributed by atoms with E-state index >= 15 is 0 Å². The number of aliphatic hydroxyl groups excluding tert-OH is 1. The molecule has 0 aromatic carbocycles. The van der Waals surface area contributed by atoms with Crippen LogP contribution >= 0.6 is 0 Å². The van der Waals surface area contributed by atoms with Crippen LogP contribution in [0, 0.1) is 5.92 Å². The van der Waals surface area contributed by atoms with E-state index in [-0.39, 0.29) is 17.9 Å². The molecule has 1 saturated carbocycles. The van der Waals surface area contributed by atoms with Crippen molar-refractivity contribution in [3.8, 4) is 0 Å². The first kappa shape index (κ1) is 11.1. The van der Waals surface area contributed by atoms with E-state index < -0.39 is 0 Å². The lowest BCUT2D eigenvalue weighted by molar-refractivity contribution is 0.0663. The maximum atomic E-state index is 11.6. The van der Waals surface area contributed by atoms with E-state index in [2.05, 4.69) is 15.5 Å². The number of hydrogen-bond acceptors (Lipinski definition) is 3. The third-order valence-electron chi connectivity index (χ3n) is 3.15. The number of amides is 1. The van der Waals surface area contributed by atoms with Gasteiger partial charge in [0.2, 0.25) is 0 Å². The average Bonchev–Trinajstić information content (AvgIpc) is 2.81. The van der Waals surface area contributed by atoms with E-state index in [1.54, 1.807) is 6.20 Å². The average molecular weight is 223 g/mol. The number of rotatable bonds is 3. The van der Waals surface area contributed by atoms with Crippen LogP contribution in [-0.4, -0.2) is 33.9 Å². The van der Waals surface area contributed by atoms with Crippen LogP contribution < -0.4 is 5.32 Å². The van der Waals surface area contributed by atoms with Crippen molar-refractivity contribution in [1.29, 1.82) is 0 Å². The predicted octanol–water partition coefficient (Wildman–Crippen LogP) is 0.691. The molecule has 1 amide bonds. The molecule has 16 heavy (non-hydrogen) atoms. The number of aliphatic hydroxyl groups is 1. The monoisotopic (exact) mass is 223 g/mol. The number of carbonyl (C=O) groups excluding carboxylic acids is 1. The molecule has 2 rings (SSSR count). The molecular formula is C11H17N3O2. The number of H-pyrrole nitrogens is 1. The molecule has 88 valence electrons. The van der Waals surface area contributed by atoms with E-state index in [1.807, 2.05) is 0 Å². The SMILES string of the molecule is O=C(NCC1CCCCC1O)c1cn[nH]c1. The molecule has 0 spiro atoms. The smallest absolute Gasteiger partial charge is 0.254 e. The summed E-state index contributed by atoms with van der Waals surface area (Å²) in [7, 11) is 0. The second-order valence-electron chi connectivity index (χ2n) is 4.31. The zero-order chi connectivity index (χ0) is 11.4. The van der Waals surface area contributed by atoms with Gasteiger partial charge in [-0.2, -0.15) is 5.10 Å². The minimum absolute atomic E-state index is 0.133. The van der Waals surface area contributed by atoms with Crippen molar-refractivity contribution in [3.63, 3.8) is 0 Å². The lowest BCUT2D eigenvalue weighted by Crippen LogP contribution is -2.36. The van der Waals surface area contributed by atoms with Crippen molar-refractivity contribution >= 4 is 5.91 Å². The summed E-state index contributed by atoms with van der Waals surface area (Å²) in [4.78, 5) is 11.6. The highest BCUT2D eigenvalue weighted by Crippen LogP contribution is 2.23. The Labute approximate surface area is 94.2 Å². The zero-order valence-electron chi connectivity index (χ0n) is 9.15. The molecule has 0 aliphatic heterocycles. The van der Waals surface area contributed by atoms with Crippen LogP contribution in [-0.2, 0) is 0 Å². The number of aromatic nitrogens is 2. The predicted molar refractivity (Wildman–Crippen MR) is 58.9 cm³/mol. The van der Waals surface area contributed by atoms with Gasteiger partial charge < -0.3 is 10.4 Å². The molecule has 2 unspecified atom stereocenters. The zero-order valence-corrected chi connectivity index (χ0v) is 9.15. The summed E-state index contributed by atoms with van der Waals surface area (Å²) in [6, 6.07) is 0. The summed E-state index contributed by atoms with van der Waals surface area (Å²) >= 11 is 0. The van der Waals surface area contributed by atoms with Gasteiger partial charge in [0.25, 0.3) is 5.91 Å². The second-order valence-corrected chi connectivity index (χ2v) is 4.31. The van der Waals surface area contributed by atoms with Crippen LogP contribution in [0.3, 0.4) is 0 Å². The van der Waals surface area contributed by atoms with Crippen molar-refractivity contribution in [2.24, 2.45) is 5.92 Å². The highest BCUT2D eigenvalue weighted by atomic mass is 16.3. The second kappa shape index (κ2) is 5.12. The molecule has 0 radical (unpaired) electrons. The Kier molecular flexibility index (Phi) is 3.56. The molecule has 3 N–H and O–H groups in total. The minimum Gasteiger partial charge on any atom is -0.393 e. The largest absolute Gasteiger partial charge is 0.393 e. The summed E-state index contributed by atoms with van der Waals surface area (Å²) in [6.07, 6.45) is 6.87. The fourth-order valence-corrected chi connectivity index (χ4v) is 2.13. The maximum absolute atomic E-state index is 11.6. The number of hydrogen-bond donors (Lipinski definition) is 3. The van der Waals surface area contributed by atoms with Gasteiger partial charge in [-0.15, -0.1) is 0 Å². The van der Waals surface area contributed by atoms with Gasteiger partial charge in [-0.3, -0.25) is 9.89 Å². The first-order valence-corrected chi connectivity index (χ1v) is 5.72. The van der Waals surface area contributed by atoms with Gasteiger partial charge in [0, 0.05) is 18.7 Å². The first-order valence-electron chi connectivity index (χ1n) is 5.72. The molecule has 0 bridgehead atoms. The van der Waals surface area contributed by atoms with E-state index in [9.17, 15) is 9.90 Å². The van der Waals surface area contributed by atoms with Crippen LogP contribution in [0.5, 0.6) is 0 Å². The Balaban J connectivity index is 1.80. The summed E-state index contributed by atoms with van der Waals surface area (Å²) in [5, 5.41) is 18.9. The number of nitrogens with zero attached hydrogens (tertiary/aromatic N) is 1. The van der Waals surface area contributed by atoms with Gasteiger partial charge in [-0.25, -0.2) is 0 Å². The molecule has 2 atom stereocenters. The molecule has 5 nitrogen and oxygen atoms in total. The summed E-state index contributed by atoms with van der Waals surface area (Å²) < 4.78 is 0. The third kappa shape index (κ3) is 2.61. The Morgan fingerprint density at radius 2 is 2.38 bits per heavy atom. The minimum atomic E-state index is -0.265. The number of carbonyl (C=O) groups is 1.